The van der Waals surface area contributed by atoms with Crippen molar-refractivity contribution in [1.82, 2.24) is 4.98 Å². The normalized spacial score (nSPS) is 10.2. The van der Waals surface area contributed by atoms with Gasteiger partial charge in [-0.15, -0.1) is 0 Å². The zero-order valence-electron chi connectivity index (χ0n) is 13.4. The minimum atomic E-state index is -0.578. The third-order valence-electron chi connectivity index (χ3n) is 3.47. The summed E-state index contributed by atoms with van der Waals surface area (Å²) in [6.07, 6.45) is 2.70. The summed E-state index contributed by atoms with van der Waals surface area (Å²) in [5.41, 5.74) is 1.39. The Balaban J connectivity index is 1.74. The Morgan fingerprint density at radius 1 is 0.846 bits per heavy atom. The number of pyridine rings is 1. The highest BCUT2D eigenvalue weighted by Gasteiger charge is 2.12. The molecule has 2 aromatic carbocycles. The quantitative estimate of drug-likeness (QED) is 0.717. The maximum Gasteiger partial charge on any atom is 0.257 e. The van der Waals surface area contributed by atoms with Crippen LogP contribution in [0.25, 0.3) is 0 Å². The van der Waals surface area contributed by atoms with E-state index in [4.69, 9.17) is 11.6 Å². The van der Waals surface area contributed by atoms with Crippen molar-refractivity contribution in [3.8, 4) is 0 Å². The van der Waals surface area contributed by atoms with Crippen LogP contribution >= 0.6 is 11.6 Å². The Bertz CT molecular complexity index is 964. The standard InChI is InChI=1S/C19H13ClFN3O2/c20-16-9-15(6-7-17(16)21)24-19(26)13-8-12(10-22-11-13)18(25)23-14-4-2-1-3-5-14/h1-11H,(H,23,25)(H,24,26). The molecule has 0 saturated heterocycles. The molecule has 2 amide bonds. The molecule has 3 aromatic rings. The van der Waals surface area contributed by atoms with Gasteiger partial charge in [-0.1, -0.05) is 29.8 Å². The molecule has 26 heavy (non-hydrogen) atoms. The lowest BCUT2D eigenvalue weighted by atomic mass is 10.1. The minimum absolute atomic E-state index is 0.100. The Morgan fingerprint density at radius 3 is 2.08 bits per heavy atom. The van der Waals surface area contributed by atoms with E-state index < -0.39 is 11.7 Å². The lowest BCUT2D eigenvalue weighted by Gasteiger charge is -2.08. The highest BCUT2D eigenvalue weighted by molar-refractivity contribution is 6.31. The lowest BCUT2D eigenvalue weighted by molar-refractivity contribution is 0.102. The van der Waals surface area contributed by atoms with Crippen LogP contribution in [-0.4, -0.2) is 16.8 Å². The Kier molecular flexibility index (Phi) is 5.24. The van der Waals surface area contributed by atoms with Crippen molar-refractivity contribution in [2.24, 2.45) is 0 Å². The van der Waals surface area contributed by atoms with E-state index in [9.17, 15) is 14.0 Å². The van der Waals surface area contributed by atoms with Crippen molar-refractivity contribution in [3.63, 3.8) is 0 Å². The lowest BCUT2D eigenvalue weighted by Crippen LogP contribution is -2.16. The fourth-order valence-corrected chi connectivity index (χ4v) is 2.37. The SMILES string of the molecule is O=C(Nc1ccccc1)c1cncc(C(=O)Nc2ccc(F)c(Cl)c2)c1. The van der Waals surface area contributed by atoms with E-state index in [1.807, 2.05) is 6.07 Å². The summed E-state index contributed by atoms with van der Waals surface area (Å²) in [4.78, 5) is 28.5. The van der Waals surface area contributed by atoms with Gasteiger partial charge in [-0.05, 0) is 36.4 Å². The van der Waals surface area contributed by atoms with Gasteiger partial charge in [0.05, 0.1) is 16.1 Å². The predicted molar refractivity (Wildman–Crippen MR) is 98.0 cm³/mol. The first-order valence-electron chi connectivity index (χ1n) is 7.61. The molecular formula is C19H13ClFN3O2. The van der Waals surface area contributed by atoms with Gasteiger partial charge >= 0.3 is 0 Å². The maximum atomic E-state index is 13.2. The van der Waals surface area contributed by atoms with Crippen LogP contribution in [0.1, 0.15) is 20.7 Å². The molecular weight excluding hydrogens is 357 g/mol. The number of hydrogen-bond acceptors (Lipinski definition) is 3. The summed E-state index contributed by atoms with van der Waals surface area (Å²) >= 11 is 5.70. The largest absolute Gasteiger partial charge is 0.322 e. The van der Waals surface area contributed by atoms with Gasteiger partial charge in [0.1, 0.15) is 5.82 Å². The van der Waals surface area contributed by atoms with Crippen LogP contribution in [0.4, 0.5) is 15.8 Å². The van der Waals surface area contributed by atoms with E-state index >= 15 is 0 Å². The minimum Gasteiger partial charge on any atom is -0.322 e. The van der Waals surface area contributed by atoms with Crippen molar-refractivity contribution in [1.29, 1.82) is 0 Å². The van der Waals surface area contributed by atoms with Crippen LogP contribution in [0.15, 0.2) is 67.0 Å². The monoisotopic (exact) mass is 369 g/mol. The first kappa shape index (κ1) is 17.6. The molecule has 0 saturated carbocycles. The average Bonchev–Trinajstić information content (AvgIpc) is 2.65. The number of benzene rings is 2. The molecule has 0 atom stereocenters. The molecule has 5 nitrogen and oxygen atoms in total. The second kappa shape index (κ2) is 7.76. The highest BCUT2D eigenvalue weighted by Crippen LogP contribution is 2.20. The molecule has 7 heteroatoms. The zero-order chi connectivity index (χ0) is 18.5. The molecule has 0 aliphatic rings. The topological polar surface area (TPSA) is 71.1 Å². The number of nitrogens with zero attached hydrogens (tertiary/aromatic N) is 1. The van der Waals surface area contributed by atoms with E-state index in [0.717, 1.165) is 6.07 Å². The zero-order valence-corrected chi connectivity index (χ0v) is 14.1. The van der Waals surface area contributed by atoms with Crippen LogP contribution in [0, 0.1) is 5.82 Å². The van der Waals surface area contributed by atoms with Gasteiger partial charge in [0.15, 0.2) is 0 Å². The summed E-state index contributed by atoms with van der Waals surface area (Å²) < 4.78 is 13.2. The molecule has 0 spiro atoms. The molecule has 0 bridgehead atoms. The summed E-state index contributed by atoms with van der Waals surface area (Å²) in [5.74, 6) is -1.45. The fourth-order valence-electron chi connectivity index (χ4n) is 2.19. The van der Waals surface area contributed by atoms with Crippen LogP contribution in [-0.2, 0) is 0 Å². The fraction of sp³-hybridized carbons (Fsp3) is 0. The molecule has 0 fully saturated rings. The van der Waals surface area contributed by atoms with Gasteiger partial charge in [0, 0.05) is 23.8 Å². The average molecular weight is 370 g/mol. The molecule has 3 rings (SSSR count). The van der Waals surface area contributed by atoms with E-state index in [0.29, 0.717) is 11.4 Å². The molecule has 130 valence electrons. The number of para-hydroxylation sites is 1. The van der Waals surface area contributed by atoms with Gasteiger partial charge in [-0.3, -0.25) is 14.6 Å². The predicted octanol–water partition coefficient (Wildman–Crippen LogP) is 4.38. The number of aromatic nitrogens is 1. The second-order valence-corrected chi connectivity index (χ2v) is 5.77. The van der Waals surface area contributed by atoms with Gasteiger partial charge in [-0.25, -0.2) is 4.39 Å². The van der Waals surface area contributed by atoms with Crippen molar-refractivity contribution in [2.75, 3.05) is 10.6 Å². The summed E-state index contributed by atoms with van der Waals surface area (Å²) in [5, 5.41) is 5.20. The number of nitrogens with one attached hydrogen (secondary N) is 2. The van der Waals surface area contributed by atoms with Gasteiger partial charge in [0.25, 0.3) is 11.8 Å². The Morgan fingerprint density at radius 2 is 1.46 bits per heavy atom. The van der Waals surface area contributed by atoms with E-state index in [-0.39, 0.29) is 22.1 Å². The van der Waals surface area contributed by atoms with Crippen LogP contribution in [0.3, 0.4) is 0 Å². The number of rotatable bonds is 4. The van der Waals surface area contributed by atoms with Crippen LogP contribution in [0.5, 0.6) is 0 Å². The third kappa shape index (κ3) is 4.23. The smallest absolute Gasteiger partial charge is 0.257 e. The van der Waals surface area contributed by atoms with E-state index in [2.05, 4.69) is 15.6 Å². The highest BCUT2D eigenvalue weighted by atomic mass is 35.5. The van der Waals surface area contributed by atoms with Crippen LogP contribution in [0.2, 0.25) is 5.02 Å². The van der Waals surface area contributed by atoms with E-state index in [1.54, 1.807) is 24.3 Å². The van der Waals surface area contributed by atoms with Gasteiger partial charge in [0.2, 0.25) is 0 Å². The maximum absolute atomic E-state index is 13.2. The summed E-state index contributed by atoms with van der Waals surface area (Å²) in [6.45, 7) is 0. The first-order chi connectivity index (χ1) is 12.5. The third-order valence-corrected chi connectivity index (χ3v) is 3.76. The molecule has 1 heterocycles. The number of carbonyl (C=O) groups is 2. The van der Waals surface area contributed by atoms with Crippen molar-refractivity contribution >= 4 is 34.8 Å². The Labute approximate surface area is 153 Å². The van der Waals surface area contributed by atoms with Crippen LogP contribution < -0.4 is 10.6 Å². The molecule has 0 unspecified atom stereocenters. The Hall–Kier alpha value is -3.25. The first-order valence-corrected chi connectivity index (χ1v) is 7.98. The number of hydrogen-bond donors (Lipinski definition) is 2. The molecule has 1 aromatic heterocycles. The summed E-state index contributed by atoms with van der Waals surface area (Å²) in [7, 11) is 0. The van der Waals surface area contributed by atoms with Gasteiger partial charge in [-0.2, -0.15) is 0 Å². The molecule has 2 N–H and O–H groups in total. The van der Waals surface area contributed by atoms with Crippen molar-refractivity contribution in [2.45, 2.75) is 0 Å². The molecule has 0 radical (unpaired) electrons. The van der Waals surface area contributed by atoms with E-state index in [1.165, 1.54) is 30.6 Å². The number of amides is 2. The summed E-state index contributed by atoms with van der Waals surface area (Å²) in [6, 6.07) is 14.2. The van der Waals surface area contributed by atoms with Crippen molar-refractivity contribution < 1.29 is 14.0 Å². The molecule has 0 aliphatic carbocycles. The number of carbonyl (C=O) groups excluding carboxylic acids is 2. The second-order valence-electron chi connectivity index (χ2n) is 5.37. The van der Waals surface area contributed by atoms with Crippen molar-refractivity contribution in [3.05, 3.63) is 89.0 Å². The molecule has 0 aliphatic heterocycles. The number of halogens is 2. The van der Waals surface area contributed by atoms with Gasteiger partial charge < -0.3 is 10.6 Å². The number of anilines is 2.